The standard InChI is InChI=1S/C15H29N3O2/c1-5-8-14(2,16)12(19)17-11-15(9-6-7-10-15)13(20)18(3)4/h5-11,16H2,1-4H3,(H,17,19). The number of hydrogen-bond acceptors (Lipinski definition) is 3. The van der Waals surface area contributed by atoms with Crippen molar-refractivity contribution in [3.8, 4) is 0 Å². The van der Waals surface area contributed by atoms with Crippen LogP contribution in [0.1, 0.15) is 52.4 Å². The first kappa shape index (κ1) is 17.0. The average Bonchev–Trinajstić information content (AvgIpc) is 2.84. The van der Waals surface area contributed by atoms with Gasteiger partial charge in [-0.05, 0) is 26.2 Å². The van der Waals surface area contributed by atoms with Gasteiger partial charge in [-0.25, -0.2) is 0 Å². The fourth-order valence-electron chi connectivity index (χ4n) is 3.08. The molecular formula is C15H29N3O2. The second-order valence-electron chi connectivity index (χ2n) is 6.54. The fourth-order valence-corrected chi connectivity index (χ4v) is 3.08. The van der Waals surface area contributed by atoms with E-state index in [2.05, 4.69) is 5.32 Å². The molecule has 1 unspecified atom stereocenters. The SMILES string of the molecule is CCCC(C)(N)C(=O)NCC1(C(=O)N(C)C)CCCC1. The number of carbonyl (C=O) groups excluding carboxylic acids is 2. The van der Waals surface area contributed by atoms with Gasteiger partial charge < -0.3 is 16.0 Å². The summed E-state index contributed by atoms with van der Waals surface area (Å²) in [5.41, 5.74) is 4.75. The number of carbonyl (C=O) groups is 2. The van der Waals surface area contributed by atoms with Gasteiger partial charge in [-0.3, -0.25) is 9.59 Å². The summed E-state index contributed by atoms with van der Waals surface area (Å²) < 4.78 is 0. The molecule has 0 saturated heterocycles. The van der Waals surface area contributed by atoms with Gasteiger partial charge >= 0.3 is 0 Å². The van der Waals surface area contributed by atoms with Gasteiger partial charge in [0.25, 0.3) is 0 Å². The van der Waals surface area contributed by atoms with Crippen molar-refractivity contribution in [2.45, 2.75) is 57.9 Å². The molecule has 0 spiro atoms. The molecule has 0 bridgehead atoms. The Bertz CT molecular complexity index is 358. The van der Waals surface area contributed by atoms with Crippen molar-refractivity contribution < 1.29 is 9.59 Å². The van der Waals surface area contributed by atoms with Gasteiger partial charge in [0.1, 0.15) is 0 Å². The molecule has 0 radical (unpaired) electrons. The average molecular weight is 283 g/mol. The van der Waals surface area contributed by atoms with Crippen LogP contribution < -0.4 is 11.1 Å². The number of nitrogens with two attached hydrogens (primary N) is 1. The molecule has 1 aliphatic rings. The first-order chi connectivity index (χ1) is 9.25. The van der Waals surface area contributed by atoms with Gasteiger partial charge in [-0.2, -0.15) is 0 Å². The lowest BCUT2D eigenvalue weighted by Gasteiger charge is -2.32. The summed E-state index contributed by atoms with van der Waals surface area (Å²) in [7, 11) is 3.54. The summed E-state index contributed by atoms with van der Waals surface area (Å²) in [6, 6.07) is 0. The fraction of sp³-hybridized carbons (Fsp3) is 0.867. The Balaban J connectivity index is 2.69. The quantitative estimate of drug-likeness (QED) is 0.771. The number of nitrogens with one attached hydrogen (secondary N) is 1. The van der Waals surface area contributed by atoms with Crippen molar-refractivity contribution in [1.82, 2.24) is 10.2 Å². The first-order valence-electron chi connectivity index (χ1n) is 7.54. The van der Waals surface area contributed by atoms with Crippen LogP contribution in [0.3, 0.4) is 0 Å². The normalized spacial score (nSPS) is 20.2. The van der Waals surface area contributed by atoms with E-state index in [1.807, 2.05) is 6.92 Å². The van der Waals surface area contributed by atoms with Gasteiger partial charge in [0.15, 0.2) is 0 Å². The molecule has 1 rings (SSSR count). The molecule has 5 heteroatoms. The number of rotatable bonds is 6. The van der Waals surface area contributed by atoms with Gasteiger partial charge in [0.05, 0.1) is 11.0 Å². The predicted octanol–water partition coefficient (Wildman–Crippen LogP) is 1.27. The Morgan fingerprint density at radius 1 is 1.30 bits per heavy atom. The maximum Gasteiger partial charge on any atom is 0.239 e. The van der Waals surface area contributed by atoms with Crippen LogP contribution in [0.25, 0.3) is 0 Å². The summed E-state index contributed by atoms with van der Waals surface area (Å²) in [6.07, 6.45) is 5.29. The molecule has 5 nitrogen and oxygen atoms in total. The zero-order valence-electron chi connectivity index (χ0n) is 13.3. The van der Waals surface area contributed by atoms with Gasteiger partial charge in [-0.15, -0.1) is 0 Å². The summed E-state index contributed by atoms with van der Waals surface area (Å²) in [6.45, 7) is 4.16. The van der Waals surface area contributed by atoms with E-state index in [1.165, 1.54) is 0 Å². The highest BCUT2D eigenvalue weighted by Crippen LogP contribution is 2.39. The van der Waals surface area contributed by atoms with Crippen LogP contribution >= 0.6 is 0 Å². The highest BCUT2D eigenvalue weighted by Gasteiger charge is 2.43. The molecule has 1 saturated carbocycles. The first-order valence-corrected chi connectivity index (χ1v) is 7.54. The third-order valence-electron chi connectivity index (χ3n) is 4.30. The molecule has 1 aliphatic carbocycles. The van der Waals surface area contributed by atoms with E-state index in [1.54, 1.807) is 25.9 Å². The molecular weight excluding hydrogens is 254 g/mol. The summed E-state index contributed by atoms with van der Waals surface area (Å²) >= 11 is 0. The zero-order valence-corrected chi connectivity index (χ0v) is 13.3. The lowest BCUT2D eigenvalue weighted by Crippen LogP contribution is -2.55. The van der Waals surface area contributed by atoms with Crippen LogP contribution in [0.2, 0.25) is 0 Å². The largest absolute Gasteiger partial charge is 0.353 e. The molecule has 0 aromatic heterocycles. The van der Waals surface area contributed by atoms with Crippen molar-refractivity contribution in [3.63, 3.8) is 0 Å². The van der Waals surface area contributed by atoms with E-state index in [4.69, 9.17) is 5.73 Å². The van der Waals surface area contributed by atoms with Crippen molar-refractivity contribution in [2.75, 3.05) is 20.6 Å². The Morgan fingerprint density at radius 2 is 1.85 bits per heavy atom. The van der Waals surface area contributed by atoms with E-state index in [-0.39, 0.29) is 11.8 Å². The van der Waals surface area contributed by atoms with Crippen LogP contribution in [-0.2, 0) is 9.59 Å². The Morgan fingerprint density at radius 3 is 2.30 bits per heavy atom. The van der Waals surface area contributed by atoms with Crippen molar-refractivity contribution in [1.29, 1.82) is 0 Å². The summed E-state index contributed by atoms with van der Waals surface area (Å²) in [5, 5.41) is 2.91. The van der Waals surface area contributed by atoms with Crippen molar-refractivity contribution in [3.05, 3.63) is 0 Å². The van der Waals surface area contributed by atoms with Crippen molar-refractivity contribution in [2.24, 2.45) is 11.1 Å². The van der Waals surface area contributed by atoms with Crippen LogP contribution in [0, 0.1) is 5.41 Å². The van der Waals surface area contributed by atoms with Crippen LogP contribution in [0.5, 0.6) is 0 Å². The molecule has 1 atom stereocenters. The molecule has 0 heterocycles. The second kappa shape index (κ2) is 6.57. The molecule has 2 amide bonds. The monoisotopic (exact) mass is 283 g/mol. The van der Waals surface area contributed by atoms with Gasteiger partial charge in [0.2, 0.25) is 11.8 Å². The maximum absolute atomic E-state index is 12.4. The summed E-state index contributed by atoms with van der Waals surface area (Å²) in [4.78, 5) is 26.2. The minimum absolute atomic E-state index is 0.115. The topological polar surface area (TPSA) is 75.4 Å². The molecule has 1 fully saturated rings. The Hall–Kier alpha value is -1.10. The van der Waals surface area contributed by atoms with Crippen molar-refractivity contribution >= 4 is 11.8 Å². The predicted molar refractivity (Wildman–Crippen MR) is 80.1 cm³/mol. The van der Waals surface area contributed by atoms with Gasteiger partial charge in [0, 0.05) is 20.6 Å². The minimum atomic E-state index is -0.851. The molecule has 0 aromatic rings. The molecule has 116 valence electrons. The van der Waals surface area contributed by atoms with E-state index in [9.17, 15) is 9.59 Å². The minimum Gasteiger partial charge on any atom is -0.353 e. The summed E-state index contributed by atoms with van der Waals surface area (Å²) in [5.74, 6) is -0.0401. The number of nitrogens with zero attached hydrogens (tertiary/aromatic N) is 1. The lowest BCUT2D eigenvalue weighted by molar-refractivity contribution is -0.139. The maximum atomic E-state index is 12.4. The molecule has 0 aliphatic heterocycles. The smallest absolute Gasteiger partial charge is 0.239 e. The van der Waals surface area contributed by atoms with E-state index >= 15 is 0 Å². The van der Waals surface area contributed by atoms with Gasteiger partial charge in [-0.1, -0.05) is 26.2 Å². The Kier molecular flexibility index (Phi) is 5.57. The highest BCUT2D eigenvalue weighted by atomic mass is 16.2. The second-order valence-corrected chi connectivity index (χ2v) is 6.54. The number of amides is 2. The molecule has 3 N–H and O–H groups in total. The highest BCUT2D eigenvalue weighted by molar-refractivity contribution is 5.87. The Labute approximate surface area is 122 Å². The van der Waals surface area contributed by atoms with Crippen LogP contribution in [0.15, 0.2) is 0 Å². The number of hydrogen-bond donors (Lipinski definition) is 2. The van der Waals surface area contributed by atoms with Crippen LogP contribution in [-0.4, -0.2) is 42.9 Å². The van der Waals surface area contributed by atoms with Crippen LogP contribution in [0.4, 0.5) is 0 Å². The van der Waals surface area contributed by atoms with E-state index in [0.29, 0.717) is 13.0 Å². The lowest BCUT2D eigenvalue weighted by atomic mass is 9.84. The van der Waals surface area contributed by atoms with E-state index in [0.717, 1.165) is 32.1 Å². The van der Waals surface area contributed by atoms with E-state index < -0.39 is 11.0 Å². The zero-order chi connectivity index (χ0) is 15.4. The third kappa shape index (κ3) is 3.72. The molecule has 20 heavy (non-hydrogen) atoms. The third-order valence-corrected chi connectivity index (χ3v) is 4.30. The molecule has 0 aromatic carbocycles.